The van der Waals surface area contributed by atoms with Gasteiger partial charge in [0.25, 0.3) is 5.89 Å². The first-order chi connectivity index (χ1) is 14.4. The van der Waals surface area contributed by atoms with Crippen LogP contribution in [-0.4, -0.2) is 27.3 Å². The molecule has 3 aromatic rings. The van der Waals surface area contributed by atoms with Crippen LogP contribution in [0.25, 0.3) is 22.8 Å². The summed E-state index contributed by atoms with van der Waals surface area (Å²) in [6.07, 6.45) is 5.16. The average molecular weight is 448 g/mol. The van der Waals surface area contributed by atoms with Crippen LogP contribution in [0.5, 0.6) is 11.6 Å². The lowest BCUT2D eigenvalue weighted by atomic mass is 10.1. The van der Waals surface area contributed by atoms with E-state index >= 15 is 0 Å². The molecular weight excluding hydrogens is 425 g/mol. The van der Waals surface area contributed by atoms with E-state index in [9.17, 15) is 0 Å². The van der Waals surface area contributed by atoms with E-state index in [0.717, 1.165) is 18.6 Å². The third-order valence-electron chi connectivity index (χ3n) is 4.96. The van der Waals surface area contributed by atoms with Gasteiger partial charge in [-0.25, -0.2) is 4.98 Å². The first-order valence-electron chi connectivity index (χ1n) is 10.0. The van der Waals surface area contributed by atoms with E-state index in [1.54, 1.807) is 18.3 Å². The minimum absolute atomic E-state index is 0.0259. The zero-order chi connectivity index (χ0) is 21.3. The largest absolute Gasteiger partial charge is 0.490 e. The molecule has 4 rings (SSSR count). The fourth-order valence-corrected chi connectivity index (χ4v) is 3.97. The summed E-state index contributed by atoms with van der Waals surface area (Å²) in [5.74, 6) is 2.51. The van der Waals surface area contributed by atoms with Crippen molar-refractivity contribution in [3.8, 4) is 34.5 Å². The summed E-state index contributed by atoms with van der Waals surface area (Å²) in [7, 11) is 0. The lowest BCUT2D eigenvalue weighted by molar-refractivity contribution is 0.205. The molecule has 2 aromatic heterocycles. The van der Waals surface area contributed by atoms with E-state index in [1.807, 2.05) is 26.0 Å². The van der Waals surface area contributed by atoms with Gasteiger partial charge in [-0.1, -0.05) is 35.3 Å². The average Bonchev–Trinajstić information content (AvgIpc) is 3.32. The van der Waals surface area contributed by atoms with Crippen LogP contribution in [0.2, 0.25) is 10.0 Å². The van der Waals surface area contributed by atoms with E-state index < -0.39 is 0 Å². The maximum absolute atomic E-state index is 6.48. The molecule has 1 aliphatic carbocycles. The Kier molecular flexibility index (Phi) is 6.16. The second-order valence-corrected chi connectivity index (χ2v) is 8.71. The summed E-state index contributed by atoms with van der Waals surface area (Å²) in [6.45, 7) is 6.07. The van der Waals surface area contributed by atoms with Crippen LogP contribution in [0.3, 0.4) is 0 Å². The molecule has 30 heavy (non-hydrogen) atoms. The monoisotopic (exact) mass is 447 g/mol. The summed E-state index contributed by atoms with van der Waals surface area (Å²) in [5.41, 5.74) is 1.26. The highest BCUT2D eigenvalue weighted by Gasteiger charge is 2.23. The smallest absolute Gasteiger partial charge is 0.259 e. The van der Waals surface area contributed by atoms with Crippen molar-refractivity contribution in [2.75, 3.05) is 0 Å². The Morgan fingerprint density at radius 2 is 1.97 bits per heavy atom. The van der Waals surface area contributed by atoms with E-state index in [1.165, 1.54) is 6.42 Å². The second kappa shape index (κ2) is 8.82. The quantitative estimate of drug-likeness (QED) is 0.431. The maximum atomic E-state index is 6.48. The molecule has 0 aliphatic heterocycles. The van der Waals surface area contributed by atoms with E-state index in [4.69, 9.17) is 37.2 Å². The van der Waals surface area contributed by atoms with Gasteiger partial charge in [0.1, 0.15) is 10.8 Å². The van der Waals surface area contributed by atoms with Gasteiger partial charge in [-0.2, -0.15) is 4.98 Å². The fraction of sp³-hybridized carbons (Fsp3) is 0.409. The van der Waals surface area contributed by atoms with E-state index in [0.29, 0.717) is 44.7 Å². The molecule has 1 fully saturated rings. The van der Waals surface area contributed by atoms with Crippen molar-refractivity contribution in [3.63, 3.8) is 0 Å². The molecule has 1 aliphatic rings. The molecule has 0 radical (unpaired) electrons. The van der Waals surface area contributed by atoms with Crippen molar-refractivity contribution in [2.45, 2.75) is 52.2 Å². The molecule has 1 saturated carbocycles. The van der Waals surface area contributed by atoms with Gasteiger partial charge >= 0.3 is 0 Å². The molecule has 1 aromatic carbocycles. The van der Waals surface area contributed by atoms with Gasteiger partial charge in [0.05, 0.1) is 22.8 Å². The molecule has 2 atom stereocenters. The standard InChI is InChI=1S/C22H23Cl2N3O3/c1-12(2)28-22-19(24)9-14(11-25-22)21-26-20(27-30-21)17-7-6-16(10-18(17)23)29-15-5-4-13(3)8-15/h6-7,9-13,15H,4-5,8H2,1-3H3/t13-,15?/m0/s1. The number of benzene rings is 1. The number of hydrogen-bond acceptors (Lipinski definition) is 6. The molecule has 0 spiro atoms. The van der Waals surface area contributed by atoms with Crippen molar-refractivity contribution in [1.82, 2.24) is 15.1 Å². The molecule has 6 nitrogen and oxygen atoms in total. The predicted molar refractivity (Wildman–Crippen MR) is 116 cm³/mol. The van der Waals surface area contributed by atoms with Gasteiger partial charge in [-0.3, -0.25) is 0 Å². The summed E-state index contributed by atoms with van der Waals surface area (Å²) >= 11 is 12.7. The highest BCUT2D eigenvalue weighted by Crippen LogP contribution is 2.34. The van der Waals surface area contributed by atoms with Crippen molar-refractivity contribution in [2.24, 2.45) is 5.92 Å². The molecule has 158 valence electrons. The van der Waals surface area contributed by atoms with Crippen LogP contribution < -0.4 is 9.47 Å². The van der Waals surface area contributed by atoms with E-state index in [-0.39, 0.29) is 12.2 Å². The van der Waals surface area contributed by atoms with Crippen LogP contribution in [0.4, 0.5) is 0 Å². The van der Waals surface area contributed by atoms with Crippen LogP contribution >= 0.6 is 23.2 Å². The van der Waals surface area contributed by atoms with Crippen molar-refractivity contribution >= 4 is 23.2 Å². The molecule has 2 heterocycles. The summed E-state index contributed by atoms with van der Waals surface area (Å²) in [4.78, 5) is 8.68. The summed E-state index contributed by atoms with van der Waals surface area (Å²) in [6, 6.07) is 7.21. The molecule has 1 unspecified atom stereocenters. The zero-order valence-electron chi connectivity index (χ0n) is 17.1. The number of nitrogens with zero attached hydrogens (tertiary/aromatic N) is 3. The second-order valence-electron chi connectivity index (χ2n) is 7.90. The Balaban J connectivity index is 1.51. The summed E-state index contributed by atoms with van der Waals surface area (Å²) < 4.78 is 17.0. The molecule has 0 bridgehead atoms. The third kappa shape index (κ3) is 4.71. The highest BCUT2D eigenvalue weighted by atomic mass is 35.5. The lowest BCUT2D eigenvalue weighted by Gasteiger charge is -2.14. The Labute approximate surface area is 185 Å². The Hall–Kier alpha value is -2.31. The first kappa shape index (κ1) is 20.9. The minimum Gasteiger partial charge on any atom is -0.490 e. The first-order valence-corrected chi connectivity index (χ1v) is 10.8. The zero-order valence-corrected chi connectivity index (χ0v) is 18.6. The van der Waals surface area contributed by atoms with Gasteiger partial charge in [0, 0.05) is 11.8 Å². The number of hydrogen-bond donors (Lipinski definition) is 0. The van der Waals surface area contributed by atoms with Crippen LogP contribution in [-0.2, 0) is 0 Å². The van der Waals surface area contributed by atoms with Gasteiger partial charge < -0.3 is 14.0 Å². The van der Waals surface area contributed by atoms with Crippen molar-refractivity contribution in [1.29, 1.82) is 0 Å². The third-order valence-corrected chi connectivity index (χ3v) is 5.54. The predicted octanol–water partition coefficient (Wildman–Crippen LogP) is 6.46. The van der Waals surface area contributed by atoms with Crippen molar-refractivity contribution < 1.29 is 14.0 Å². The van der Waals surface area contributed by atoms with Gasteiger partial charge in [-0.05, 0) is 63.3 Å². The van der Waals surface area contributed by atoms with Gasteiger partial charge in [0.2, 0.25) is 11.7 Å². The fourth-order valence-electron chi connectivity index (χ4n) is 3.51. The number of rotatable bonds is 6. The summed E-state index contributed by atoms with van der Waals surface area (Å²) in [5, 5.41) is 4.93. The maximum Gasteiger partial charge on any atom is 0.259 e. The topological polar surface area (TPSA) is 70.3 Å². The highest BCUT2D eigenvalue weighted by molar-refractivity contribution is 6.33. The van der Waals surface area contributed by atoms with Crippen LogP contribution in [0, 0.1) is 5.92 Å². The Morgan fingerprint density at radius 1 is 1.13 bits per heavy atom. The number of halogens is 2. The Bertz CT molecular complexity index is 1040. The minimum atomic E-state index is -0.0259. The van der Waals surface area contributed by atoms with Crippen LogP contribution in [0.1, 0.15) is 40.0 Å². The Morgan fingerprint density at radius 3 is 2.63 bits per heavy atom. The number of ether oxygens (including phenoxy) is 2. The normalized spacial score (nSPS) is 18.7. The van der Waals surface area contributed by atoms with Crippen molar-refractivity contribution in [3.05, 3.63) is 40.5 Å². The van der Waals surface area contributed by atoms with Gasteiger partial charge in [0.15, 0.2) is 0 Å². The SMILES string of the molecule is CC(C)Oc1ncc(-c2nc(-c3ccc(OC4CC[C@H](C)C4)cc3Cl)no2)cc1Cl. The number of aromatic nitrogens is 3. The van der Waals surface area contributed by atoms with Gasteiger partial charge in [-0.15, -0.1) is 0 Å². The van der Waals surface area contributed by atoms with Crippen LogP contribution in [0.15, 0.2) is 35.0 Å². The molecule has 0 saturated heterocycles. The molecule has 0 amide bonds. The lowest BCUT2D eigenvalue weighted by Crippen LogP contribution is -2.11. The van der Waals surface area contributed by atoms with E-state index in [2.05, 4.69) is 22.0 Å². The molecule has 0 N–H and O–H groups in total. The molecule has 8 heteroatoms. The molecular formula is C22H23Cl2N3O3. The number of pyridine rings is 1.